The predicted octanol–water partition coefficient (Wildman–Crippen LogP) is 1.43. The topological polar surface area (TPSA) is 24.1 Å². The maximum absolute atomic E-state index is 3.31. The van der Waals surface area contributed by atoms with Gasteiger partial charge in [-0.1, -0.05) is 30.3 Å². The lowest BCUT2D eigenvalue weighted by molar-refractivity contribution is 0.499. The molecule has 0 aliphatic heterocycles. The minimum absolute atomic E-state index is 0.570. The smallest absolute Gasteiger partial charge is 0.0192 e. The number of rotatable bonds is 6. The van der Waals surface area contributed by atoms with Gasteiger partial charge in [-0.2, -0.15) is 0 Å². The Morgan fingerprint density at radius 1 is 1.14 bits per heavy atom. The summed E-state index contributed by atoms with van der Waals surface area (Å²) in [5.41, 5.74) is 1.42. The summed E-state index contributed by atoms with van der Waals surface area (Å²) in [6.07, 6.45) is 2.33. The van der Waals surface area contributed by atoms with E-state index in [4.69, 9.17) is 0 Å². The largest absolute Gasteiger partial charge is 0.318 e. The summed E-state index contributed by atoms with van der Waals surface area (Å²) in [5, 5.41) is 6.50. The fraction of sp³-hybridized carbons (Fsp3) is 0.500. The Labute approximate surface area is 86.7 Å². The van der Waals surface area contributed by atoms with Crippen LogP contribution in [0.2, 0.25) is 0 Å². The maximum Gasteiger partial charge on any atom is 0.0192 e. The summed E-state index contributed by atoms with van der Waals surface area (Å²) >= 11 is 0. The lowest BCUT2D eigenvalue weighted by Crippen LogP contribution is -2.35. The Bertz CT molecular complexity index is 233. The molecule has 2 nitrogen and oxygen atoms in total. The summed E-state index contributed by atoms with van der Waals surface area (Å²) in [6.45, 7) is 1.03. The second-order valence-electron chi connectivity index (χ2n) is 3.57. The number of nitrogens with one attached hydrogen (secondary N) is 2. The van der Waals surface area contributed by atoms with E-state index in [9.17, 15) is 0 Å². The van der Waals surface area contributed by atoms with E-state index in [1.165, 1.54) is 12.0 Å². The Morgan fingerprint density at radius 2 is 1.86 bits per heavy atom. The van der Waals surface area contributed by atoms with Crippen LogP contribution in [0.15, 0.2) is 30.3 Å². The second kappa shape index (κ2) is 6.57. The zero-order valence-electron chi connectivity index (χ0n) is 9.09. The van der Waals surface area contributed by atoms with Gasteiger partial charge in [0, 0.05) is 12.6 Å². The summed E-state index contributed by atoms with van der Waals surface area (Å²) in [5.74, 6) is 0. The van der Waals surface area contributed by atoms with E-state index in [1.807, 2.05) is 14.1 Å². The van der Waals surface area contributed by atoms with Crippen LogP contribution in [0.5, 0.6) is 0 Å². The molecule has 0 aliphatic rings. The van der Waals surface area contributed by atoms with E-state index in [0.717, 1.165) is 13.0 Å². The average Bonchev–Trinajstić information content (AvgIpc) is 2.25. The SMILES string of the molecule is CNCC(CCc1ccccc1)NC. The molecule has 0 aliphatic carbocycles. The van der Waals surface area contributed by atoms with Gasteiger partial charge in [0.05, 0.1) is 0 Å². The molecular formula is C12H20N2. The molecule has 0 aromatic heterocycles. The Hall–Kier alpha value is -0.860. The maximum atomic E-state index is 3.31. The van der Waals surface area contributed by atoms with Crippen LogP contribution in [-0.2, 0) is 6.42 Å². The summed E-state index contributed by atoms with van der Waals surface area (Å²) in [4.78, 5) is 0. The van der Waals surface area contributed by atoms with Crippen molar-refractivity contribution in [1.82, 2.24) is 10.6 Å². The van der Waals surface area contributed by atoms with E-state index >= 15 is 0 Å². The van der Waals surface area contributed by atoms with Crippen LogP contribution in [0.3, 0.4) is 0 Å². The van der Waals surface area contributed by atoms with Gasteiger partial charge in [-0.25, -0.2) is 0 Å². The average molecular weight is 192 g/mol. The van der Waals surface area contributed by atoms with Gasteiger partial charge >= 0.3 is 0 Å². The van der Waals surface area contributed by atoms with Crippen molar-refractivity contribution >= 4 is 0 Å². The van der Waals surface area contributed by atoms with Crippen molar-refractivity contribution in [1.29, 1.82) is 0 Å². The van der Waals surface area contributed by atoms with E-state index in [2.05, 4.69) is 41.0 Å². The number of hydrogen-bond donors (Lipinski definition) is 2. The van der Waals surface area contributed by atoms with Crippen molar-refractivity contribution in [2.45, 2.75) is 18.9 Å². The van der Waals surface area contributed by atoms with Crippen LogP contribution < -0.4 is 10.6 Å². The highest BCUT2D eigenvalue weighted by molar-refractivity contribution is 5.14. The van der Waals surface area contributed by atoms with Gasteiger partial charge in [0.1, 0.15) is 0 Å². The normalized spacial score (nSPS) is 12.7. The molecule has 0 bridgehead atoms. The molecule has 1 atom stereocenters. The van der Waals surface area contributed by atoms with Gasteiger partial charge in [0.25, 0.3) is 0 Å². The van der Waals surface area contributed by atoms with Gasteiger partial charge in [0.15, 0.2) is 0 Å². The molecule has 1 unspecified atom stereocenters. The third-order valence-corrected chi connectivity index (χ3v) is 2.48. The van der Waals surface area contributed by atoms with Crippen LogP contribution in [0.4, 0.5) is 0 Å². The minimum atomic E-state index is 0.570. The molecule has 0 saturated carbocycles. The van der Waals surface area contributed by atoms with Gasteiger partial charge in [-0.05, 0) is 32.5 Å². The van der Waals surface area contributed by atoms with Crippen molar-refractivity contribution in [2.75, 3.05) is 20.6 Å². The van der Waals surface area contributed by atoms with Gasteiger partial charge < -0.3 is 10.6 Å². The Balaban J connectivity index is 2.32. The van der Waals surface area contributed by atoms with E-state index in [0.29, 0.717) is 6.04 Å². The fourth-order valence-corrected chi connectivity index (χ4v) is 1.58. The highest BCUT2D eigenvalue weighted by Crippen LogP contribution is 2.04. The van der Waals surface area contributed by atoms with Crippen molar-refractivity contribution in [3.8, 4) is 0 Å². The zero-order chi connectivity index (χ0) is 10.2. The third-order valence-electron chi connectivity index (χ3n) is 2.48. The molecule has 0 heterocycles. The number of likely N-dealkylation sites (N-methyl/N-ethyl adjacent to an activating group) is 2. The molecular weight excluding hydrogens is 172 g/mol. The highest BCUT2D eigenvalue weighted by Gasteiger charge is 2.03. The van der Waals surface area contributed by atoms with Crippen LogP contribution in [0.1, 0.15) is 12.0 Å². The molecule has 0 fully saturated rings. The van der Waals surface area contributed by atoms with Crippen LogP contribution in [-0.4, -0.2) is 26.7 Å². The van der Waals surface area contributed by atoms with Crippen LogP contribution in [0, 0.1) is 0 Å². The van der Waals surface area contributed by atoms with Crippen molar-refractivity contribution in [3.63, 3.8) is 0 Å². The monoisotopic (exact) mass is 192 g/mol. The second-order valence-corrected chi connectivity index (χ2v) is 3.57. The molecule has 0 spiro atoms. The fourth-order valence-electron chi connectivity index (χ4n) is 1.58. The number of hydrogen-bond acceptors (Lipinski definition) is 2. The van der Waals surface area contributed by atoms with E-state index < -0.39 is 0 Å². The predicted molar refractivity (Wildman–Crippen MR) is 61.5 cm³/mol. The Kier molecular flexibility index (Phi) is 5.27. The first-order valence-corrected chi connectivity index (χ1v) is 5.22. The first-order valence-electron chi connectivity index (χ1n) is 5.22. The molecule has 78 valence electrons. The van der Waals surface area contributed by atoms with Gasteiger partial charge in [-0.15, -0.1) is 0 Å². The summed E-state index contributed by atoms with van der Waals surface area (Å²) in [7, 11) is 4.01. The molecule has 0 amide bonds. The van der Waals surface area contributed by atoms with E-state index in [-0.39, 0.29) is 0 Å². The standard InChI is InChI=1S/C12H20N2/c1-13-10-12(14-2)9-8-11-6-4-3-5-7-11/h3-7,12-14H,8-10H2,1-2H3. The minimum Gasteiger partial charge on any atom is -0.318 e. The summed E-state index contributed by atoms with van der Waals surface area (Å²) < 4.78 is 0. The number of aryl methyl sites for hydroxylation is 1. The van der Waals surface area contributed by atoms with Crippen molar-refractivity contribution in [2.24, 2.45) is 0 Å². The van der Waals surface area contributed by atoms with Crippen LogP contribution in [0.25, 0.3) is 0 Å². The number of benzene rings is 1. The first kappa shape index (κ1) is 11.2. The molecule has 1 aromatic carbocycles. The molecule has 14 heavy (non-hydrogen) atoms. The molecule has 1 rings (SSSR count). The Morgan fingerprint density at radius 3 is 2.43 bits per heavy atom. The lowest BCUT2D eigenvalue weighted by atomic mass is 10.1. The first-order chi connectivity index (χ1) is 6.86. The quantitative estimate of drug-likeness (QED) is 0.712. The van der Waals surface area contributed by atoms with Gasteiger partial charge in [0.2, 0.25) is 0 Å². The molecule has 1 aromatic rings. The molecule has 2 N–H and O–H groups in total. The highest BCUT2D eigenvalue weighted by atomic mass is 14.9. The van der Waals surface area contributed by atoms with Crippen molar-refractivity contribution < 1.29 is 0 Å². The lowest BCUT2D eigenvalue weighted by Gasteiger charge is -2.15. The molecule has 0 saturated heterocycles. The zero-order valence-corrected chi connectivity index (χ0v) is 9.09. The third kappa shape index (κ3) is 3.90. The molecule has 2 heteroatoms. The van der Waals surface area contributed by atoms with Gasteiger partial charge in [-0.3, -0.25) is 0 Å². The van der Waals surface area contributed by atoms with Crippen LogP contribution >= 0.6 is 0 Å². The summed E-state index contributed by atoms with van der Waals surface area (Å²) in [6, 6.07) is 11.2. The molecule has 0 radical (unpaired) electrons. The van der Waals surface area contributed by atoms with E-state index in [1.54, 1.807) is 0 Å². The van der Waals surface area contributed by atoms with Crippen molar-refractivity contribution in [3.05, 3.63) is 35.9 Å².